The molecular formula is C32H39BrN6O4. The molecule has 1 N–H and O–H groups in total. The predicted octanol–water partition coefficient (Wildman–Crippen LogP) is 6.09. The highest BCUT2D eigenvalue weighted by atomic mass is 79.9. The molecule has 2 saturated heterocycles. The minimum Gasteiger partial charge on any atom is -0.493 e. The number of ether oxygens (including phenoxy) is 4. The molecule has 228 valence electrons. The first-order valence-corrected chi connectivity index (χ1v) is 15.5. The van der Waals surface area contributed by atoms with E-state index in [9.17, 15) is 0 Å². The summed E-state index contributed by atoms with van der Waals surface area (Å²) in [6.45, 7) is 8.44. The van der Waals surface area contributed by atoms with Crippen LogP contribution >= 0.6 is 15.9 Å². The van der Waals surface area contributed by atoms with Gasteiger partial charge >= 0.3 is 0 Å². The van der Waals surface area contributed by atoms with Gasteiger partial charge in [0.25, 0.3) is 0 Å². The molecule has 0 radical (unpaired) electrons. The largest absolute Gasteiger partial charge is 0.493 e. The summed E-state index contributed by atoms with van der Waals surface area (Å²) >= 11 is 3.62. The van der Waals surface area contributed by atoms with Gasteiger partial charge in [-0.3, -0.25) is 5.43 Å². The van der Waals surface area contributed by atoms with Crippen molar-refractivity contribution in [2.45, 2.75) is 32.1 Å². The van der Waals surface area contributed by atoms with Crippen LogP contribution in [-0.4, -0.2) is 69.8 Å². The van der Waals surface area contributed by atoms with E-state index in [0.717, 1.165) is 60.0 Å². The second-order valence-corrected chi connectivity index (χ2v) is 11.2. The third-order valence-electron chi connectivity index (χ3n) is 7.36. The molecule has 0 bridgehead atoms. The summed E-state index contributed by atoms with van der Waals surface area (Å²) < 4.78 is 23.8. The van der Waals surface area contributed by atoms with Crippen LogP contribution in [0.15, 0.2) is 58.6 Å². The maximum Gasteiger partial charge on any atom is 0.229 e. The Morgan fingerprint density at radius 2 is 1.60 bits per heavy atom. The van der Waals surface area contributed by atoms with Crippen molar-refractivity contribution in [1.29, 1.82) is 0 Å². The van der Waals surface area contributed by atoms with Crippen LogP contribution in [0.2, 0.25) is 0 Å². The third-order valence-corrected chi connectivity index (χ3v) is 7.95. The Balaban J connectivity index is 1.21. The van der Waals surface area contributed by atoms with Gasteiger partial charge in [0.2, 0.25) is 5.95 Å². The number of hydrazone groups is 1. The van der Waals surface area contributed by atoms with Gasteiger partial charge in [-0.25, -0.2) is 0 Å². The summed E-state index contributed by atoms with van der Waals surface area (Å²) in [5.74, 6) is 4.89. The molecule has 2 aromatic carbocycles. The topological polar surface area (TPSA) is 93.6 Å². The van der Waals surface area contributed by atoms with Gasteiger partial charge in [-0.2, -0.15) is 15.1 Å². The average molecular weight is 652 g/mol. The van der Waals surface area contributed by atoms with Gasteiger partial charge in [-0.05, 0) is 83.4 Å². The Morgan fingerprint density at radius 1 is 0.884 bits per heavy atom. The molecule has 0 amide bonds. The number of benzene rings is 2. The van der Waals surface area contributed by atoms with Gasteiger partial charge in [0.05, 0.1) is 24.9 Å². The normalized spacial score (nSPS) is 14.8. The van der Waals surface area contributed by atoms with Crippen LogP contribution < -0.4 is 34.2 Å². The standard InChI is InChI=1S/C32H39BrN6O4/c1-4-9-23-10-11-26(27(19-23)40-2)42-16-17-43-31-25(33)18-24(20-28(31)41-3)22-34-37-29-21-30(38-12-5-6-13-38)36-32(35-29)39-14-7-8-15-39/h4,10-11,18-22H,1,5-9,12-17H2,2-3H3,(H,35,36,37)/b34-22+. The maximum atomic E-state index is 6.03. The van der Waals surface area contributed by atoms with Gasteiger partial charge in [0.15, 0.2) is 28.8 Å². The highest BCUT2D eigenvalue weighted by Crippen LogP contribution is 2.36. The molecule has 1 aromatic heterocycles. The van der Waals surface area contributed by atoms with Gasteiger partial charge in [-0.15, -0.1) is 6.58 Å². The number of hydrogen-bond acceptors (Lipinski definition) is 10. The molecule has 3 aromatic rings. The van der Waals surface area contributed by atoms with E-state index >= 15 is 0 Å². The van der Waals surface area contributed by atoms with Gasteiger partial charge in [0.1, 0.15) is 19.0 Å². The van der Waals surface area contributed by atoms with E-state index in [1.54, 1.807) is 20.4 Å². The Hall–Kier alpha value is -3.99. The quantitative estimate of drug-likeness (QED) is 0.0963. The smallest absolute Gasteiger partial charge is 0.229 e. The van der Waals surface area contributed by atoms with Crippen LogP contribution in [0.1, 0.15) is 36.8 Å². The predicted molar refractivity (Wildman–Crippen MR) is 175 cm³/mol. The van der Waals surface area contributed by atoms with Crippen molar-refractivity contribution < 1.29 is 18.9 Å². The molecule has 43 heavy (non-hydrogen) atoms. The van der Waals surface area contributed by atoms with E-state index in [1.807, 2.05) is 42.5 Å². The second kappa shape index (κ2) is 15.0. The van der Waals surface area contributed by atoms with Crippen molar-refractivity contribution in [2.75, 3.05) is 68.8 Å². The van der Waals surface area contributed by atoms with Gasteiger partial charge in [-0.1, -0.05) is 12.1 Å². The van der Waals surface area contributed by atoms with Gasteiger partial charge < -0.3 is 28.7 Å². The number of aromatic nitrogens is 2. The molecule has 11 heteroatoms. The monoisotopic (exact) mass is 650 g/mol. The fraction of sp³-hybridized carbons (Fsp3) is 0.406. The minimum absolute atomic E-state index is 0.313. The fourth-order valence-electron chi connectivity index (χ4n) is 5.19. The summed E-state index contributed by atoms with van der Waals surface area (Å²) in [6, 6.07) is 11.6. The van der Waals surface area contributed by atoms with Crippen LogP contribution in [-0.2, 0) is 6.42 Å². The van der Waals surface area contributed by atoms with Crippen molar-refractivity contribution in [2.24, 2.45) is 5.10 Å². The van der Waals surface area contributed by atoms with Crippen LogP contribution in [0.3, 0.4) is 0 Å². The average Bonchev–Trinajstić information content (AvgIpc) is 3.76. The lowest BCUT2D eigenvalue weighted by Gasteiger charge is -2.21. The fourth-order valence-corrected chi connectivity index (χ4v) is 5.77. The summed E-state index contributed by atoms with van der Waals surface area (Å²) in [4.78, 5) is 14.2. The molecule has 3 heterocycles. The first-order chi connectivity index (χ1) is 21.1. The van der Waals surface area contributed by atoms with Crippen LogP contribution in [0.5, 0.6) is 23.0 Å². The Bertz CT molecular complexity index is 1390. The van der Waals surface area contributed by atoms with E-state index < -0.39 is 0 Å². The van der Waals surface area contributed by atoms with Crippen LogP contribution in [0, 0.1) is 0 Å². The number of halogens is 1. The van der Waals surface area contributed by atoms with Crippen LogP contribution in [0.25, 0.3) is 0 Å². The van der Waals surface area contributed by atoms with E-state index in [4.69, 9.17) is 28.9 Å². The molecule has 10 nitrogen and oxygen atoms in total. The first kappa shape index (κ1) is 30.5. The highest BCUT2D eigenvalue weighted by Gasteiger charge is 2.20. The van der Waals surface area contributed by atoms with Crippen molar-refractivity contribution in [3.8, 4) is 23.0 Å². The number of methoxy groups -OCH3 is 2. The van der Waals surface area contributed by atoms with E-state index in [0.29, 0.717) is 42.0 Å². The molecule has 0 atom stereocenters. The Morgan fingerprint density at radius 3 is 2.33 bits per heavy atom. The highest BCUT2D eigenvalue weighted by molar-refractivity contribution is 9.10. The number of nitrogens with zero attached hydrogens (tertiary/aromatic N) is 5. The summed E-state index contributed by atoms with van der Waals surface area (Å²) in [5, 5.41) is 4.48. The number of rotatable bonds is 14. The van der Waals surface area contributed by atoms with Crippen molar-refractivity contribution in [1.82, 2.24) is 9.97 Å². The third kappa shape index (κ3) is 7.90. The van der Waals surface area contributed by atoms with Crippen LogP contribution in [0.4, 0.5) is 17.6 Å². The van der Waals surface area contributed by atoms with Gasteiger partial charge in [0, 0.05) is 32.2 Å². The number of nitrogens with one attached hydrogen (secondary N) is 1. The SMILES string of the molecule is C=CCc1ccc(OCCOc2c(Br)cc(/C=N/Nc3cc(N4CCCC4)nc(N4CCCC4)n3)cc2OC)c(OC)c1. The number of hydrogen-bond donors (Lipinski definition) is 1. The zero-order valence-corrected chi connectivity index (χ0v) is 26.4. The molecule has 0 spiro atoms. The molecule has 0 unspecified atom stereocenters. The van der Waals surface area contributed by atoms with E-state index in [1.165, 1.54) is 25.7 Å². The summed E-state index contributed by atoms with van der Waals surface area (Å²) in [5.41, 5.74) is 5.06. The molecule has 2 aliphatic rings. The zero-order chi connectivity index (χ0) is 30.0. The lowest BCUT2D eigenvalue weighted by Crippen LogP contribution is -2.24. The molecule has 2 fully saturated rings. The van der Waals surface area contributed by atoms with Crippen molar-refractivity contribution in [3.05, 3.63) is 64.7 Å². The minimum atomic E-state index is 0.313. The van der Waals surface area contributed by atoms with E-state index in [2.05, 4.69) is 42.8 Å². The lowest BCUT2D eigenvalue weighted by molar-refractivity contribution is 0.205. The summed E-state index contributed by atoms with van der Waals surface area (Å²) in [7, 11) is 3.24. The van der Waals surface area contributed by atoms with Crippen molar-refractivity contribution in [3.63, 3.8) is 0 Å². The second-order valence-electron chi connectivity index (χ2n) is 10.4. The summed E-state index contributed by atoms with van der Waals surface area (Å²) in [6.07, 6.45) is 9.07. The van der Waals surface area contributed by atoms with Crippen molar-refractivity contribution >= 4 is 39.7 Å². The number of allylic oxidation sites excluding steroid dienone is 1. The Labute approximate surface area is 261 Å². The number of anilines is 3. The molecular weight excluding hydrogens is 612 g/mol. The first-order valence-electron chi connectivity index (χ1n) is 14.7. The molecule has 2 aliphatic heterocycles. The molecule has 5 rings (SSSR count). The lowest BCUT2D eigenvalue weighted by atomic mass is 10.1. The molecule has 0 aliphatic carbocycles. The van der Waals surface area contributed by atoms with E-state index in [-0.39, 0.29) is 0 Å². The molecule has 0 saturated carbocycles. The zero-order valence-electron chi connectivity index (χ0n) is 24.9. The maximum absolute atomic E-state index is 6.03. The Kier molecular flexibility index (Phi) is 10.6.